The van der Waals surface area contributed by atoms with E-state index in [9.17, 15) is 0 Å². The van der Waals surface area contributed by atoms with Crippen LogP contribution in [0.3, 0.4) is 0 Å². The maximum absolute atomic E-state index is 4.73. The van der Waals surface area contributed by atoms with E-state index in [0.29, 0.717) is 6.54 Å². The van der Waals surface area contributed by atoms with Crippen molar-refractivity contribution in [3.8, 4) is 5.69 Å². The first-order valence-electron chi connectivity index (χ1n) is 9.78. The van der Waals surface area contributed by atoms with Gasteiger partial charge in [0.25, 0.3) is 0 Å². The SMILES string of the molecule is CCNC(=NCCc1ncc(CC)s1)NC(C)c1cccc(-n2cccn2)c1. The first-order valence-corrected chi connectivity index (χ1v) is 10.6. The van der Waals surface area contributed by atoms with Crippen molar-refractivity contribution >= 4 is 17.3 Å². The quantitative estimate of drug-likeness (QED) is 0.449. The van der Waals surface area contributed by atoms with Crippen LogP contribution in [0, 0.1) is 0 Å². The molecule has 1 unspecified atom stereocenters. The highest BCUT2D eigenvalue weighted by atomic mass is 32.1. The highest BCUT2D eigenvalue weighted by molar-refractivity contribution is 7.11. The molecule has 1 atom stereocenters. The number of guanidine groups is 1. The number of aromatic nitrogens is 3. The van der Waals surface area contributed by atoms with E-state index in [-0.39, 0.29) is 6.04 Å². The molecule has 0 aliphatic heterocycles. The van der Waals surface area contributed by atoms with Crippen molar-refractivity contribution in [3.63, 3.8) is 0 Å². The number of hydrogen-bond acceptors (Lipinski definition) is 4. The molecule has 0 amide bonds. The van der Waals surface area contributed by atoms with E-state index < -0.39 is 0 Å². The minimum Gasteiger partial charge on any atom is -0.357 e. The molecule has 0 saturated heterocycles. The smallest absolute Gasteiger partial charge is 0.191 e. The number of rotatable bonds is 8. The van der Waals surface area contributed by atoms with E-state index in [2.05, 4.69) is 65.8 Å². The highest BCUT2D eigenvalue weighted by Crippen LogP contribution is 2.17. The van der Waals surface area contributed by atoms with Crippen LogP contribution in [0.2, 0.25) is 0 Å². The Kier molecular flexibility index (Phi) is 7.19. The summed E-state index contributed by atoms with van der Waals surface area (Å²) in [5, 5.41) is 12.3. The number of benzene rings is 1. The van der Waals surface area contributed by atoms with Crippen molar-refractivity contribution in [2.75, 3.05) is 13.1 Å². The van der Waals surface area contributed by atoms with Crippen molar-refractivity contribution in [2.24, 2.45) is 4.99 Å². The molecule has 3 aromatic rings. The summed E-state index contributed by atoms with van der Waals surface area (Å²) in [7, 11) is 0. The van der Waals surface area contributed by atoms with Crippen LogP contribution in [0.4, 0.5) is 0 Å². The highest BCUT2D eigenvalue weighted by Gasteiger charge is 2.09. The maximum atomic E-state index is 4.73. The zero-order valence-corrected chi connectivity index (χ0v) is 17.5. The van der Waals surface area contributed by atoms with Crippen molar-refractivity contribution in [1.82, 2.24) is 25.4 Å². The van der Waals surface area contributed by atoms with Gasteiger partial charge in [-0.15, -0.1) is 11.3 Å². The van der Waals surface area contributed by atoms with Gasteiger partial charge in [0, 0.05) is 43.0 Å². The molecule has 2 heterocycles. The Morgan fingerprint density at radius 2 is 2.18 bits per heavy atom. The van der Waals surface area contributed by atoms with Gasteiger partial charge in [-0.1, -0.05) is 19.1 Å². The van der Waals surface area contributed by atoms with Crippen LogP contribution in [-0.4, -0.2) is 33.8 Å². The molecule has 28 heavy (non-hydrogen) atoms. The summed E-state index contributed by atoms with van der Waals surface area (Å²) < 4.78 is 1.87. The lowest BCUT2D eigenvalue weighted by Crippen LogP contribution is -2.38. The Morgan fingerprint density at radius 3 is 2.89 bits per heavy atom. The van der Waals surface area contributed by atoms with Crippen LogP contribution in [0.15, 0.2) is 53.9 Å². The van der Waals surface area contributed by atoms with Crippen molar-refractivity contribution in [2.45, 2.75) is 39.7 Å². The molecule has 0 radical (unpaired) electrons. The third-order valence-corrected chi connectivity index (χ3v) is 5.58. The standard InChI is InChI=1S/C21H28N6S/c1-4-19-15-24-20(28-19)10-12-23-21(22-5-2)26-16(3)17-8-6-9-18(14-17)27-13-7-11-25-27/h6-9,11,13-16H,4-5,10,12H2,1-3H3,(H2,22,23,26). The fraction of sp³-hybridized carbons (Fsp3) is 0.381. The molecule has 3 rings (SSSR count). The summed E-state index contributed by atoms with van der Waals surface area (Å²) in [5.74, 6) is 0.826. The second kappa shape index (κ2) is 10.0. The van der Waals surface area contributed by atoms with E-state index in [1.165, 1.54) is 10.4 Å². The minimum absolute atomic E-state index is 0.125. The number of hydrogen-bond donors (Lipinski definition) is 2. The number of aryl methyl sites for hydroxylation is 1. The molecule has 0 aliphatic rings. The van der Waals surface area contributed by atoms with Crippen LogP contribution in [0.5, 0.6) is 0 Å². The van der Waals surface area contributed by atoms with E-state index in [4.69, 9.17) is 4.99 Å². The molecule has 6 nitrogen and oxygen atoms in total. The van der Waals surface area contributed by atoms with Crippen LogP contribution in [-0.2, 0) is 12.8 Å². The van der Waals surface area contributed by atoms with Gasteiger partial charge in [0.15, 0.2) is 5.96 Å². The van der Waals surface area contributed by atoms with Gasteiger partial charge in [-0.3, -0.25) is 4.99 Å². The second-order valence-corrected chi connectivity index (χ2v) is 7.70. The van der Waals surface area contributed by atoms with Gasteiger partial charge < -0.3 is 10.6 Å². The fourth-order valence-corrected chi connectivity index (χ4v) is 3.71. The molecule has 0 spiro atoms. The zero-order chi connectivity index (χ0) is 19.8. The summed E-state index contributed by atoms with van der Waals surface area (Å²) in [6.45, 7) is 7.92. The molecular formula is C21H28N6S. The molecule has 0 bridgehead atoms. The average molecular weight is 397 g/mol. The minimum atomic E-state index is 0.125. The van der Waals surface area contributed by atoms with Crippen LogP contribution < -0.4 is 10.6 Å². The molecule has 0 aliphatic carbocycles. The van der Waals surface area contributed by atoms with Crippen molar-refractivity contribution < 1.29 is 0 Å². The van der Waals surface area contributed by atoms with Gasteiger partial charge >= 0.3 is 0 Å². The third-order valence-electron chi connectivity index (χ3n) is 4.38. The van der Waals surface area contributed by atoms with Crippen LogP contribution >= 0.6 is 11.3 Å². The first kappa shape index (κ1) is 20.1. The normalized spacial score (nSPS) is 12.8. The van der Waals surface area contributed by atoms with E-state index >= 15 is 0 Å². The molecule has 148 valence electrons. The zero-order valence-electron chi connectivity index (χ0n) is 16.7. The van der Waals surface area contributed by atoms with Gasteiger partial charge in [-0.05, 0) is 44.0 Å². The predicted octanol–water partition coefficient (Wildman–Crippen LogP) is 3.75. The van der Waals surface area contributed by atoms with Gasteiger partial charge in [0.2, 0.25) is 0 Å². The molecule has 2 N–H and O–H groups in total. The number of nitrogens with one attached hydrogen (secondary N) is 2. The summed E-state index contributed by atoms with van der Waals surface area (Å²) in [5.41, 5.74) is 2.24. The Balaban J connectivity index is 1.63. The largest absolute Gasteiger partial charge is 0.357 e. The molecule has 7 heteroatoms. The number of nitrogens with zero attached hydrogens (tertiary/aromatic N) is 4. The van der Waals surface area contributed by atoms with Gasteiger partial charge in [0.1, 0.15) is 0 Å². The van der Waals surface area contributed by atoms with Gasteiger partial charge in [0.05, 0.1) is 16.7 Å². The molecule has 2 aromatic heterocycles. The topological polar surface area (TPSA) is 67.1 Å². The predicted molar refractivity (Wildman–Crippen MR) is 116 cm³/mol. The summed E-state index contributed by atoms with van der Waals surface area (Å²) >= 11 is 1.78. The molecule has 0 fully saturated rings. The molecule has 1 aromatic carbocycles. The molecular weight excluding hydrogens is 368 g/mol. The third kappa shape index (κ3) is 5.42. The van der Waals surface area contributed by atoms with E-state index in [1.54, 1.807) is 17.5 Å². The molecule has 0 saturated carbocycles. The van der Waals surface area contributed by atoms with Gasteiger partial charge in [-0.25, -0.2) is 9.67 Å². The Labute approximate surface area is 170 Å². The average Bonchev–Trinajstić information content (AvgIpc) is 3.40. The monoisotopic (exact) mass is 396 g/mol. The van der Waals surface area contributed by atoms with Crippen molar-refractivity contribution in [3.05, 3.63) is 64.4 Å². The lowest BCUT2D eigenvalue weighted by molar-refractivity contribution is 0.684. The number of thiazole rings is 1. The lowest BCUT2D eigenvalue weighted by Gasteiger charge is -2.19. The number of aliphatic imine (C=N–C) groups is 1. The van der Waals surface area contributed by atoms with Crippen molar-refractivity contribution in [1.29, 1.82) is 0 Å². The van der Waals surface area contributed by atoms with Crippen LogP contribution in [0.25, 0.3) is 5.69 Å². The Hall–Kier alpha value is -2.67. The Bertz CT molecular complexity index is 884. The fourth-order valence-electron chi connectivity index (χ4n) is 2.86. The summed E-state index contributed by atoms with van der Waals surface area (Å²) in [6, 6.07) is 10.4. The van der Waals surface area contributed by atoms with E-state index in [0.717, 1.165) is 36.0 Å². The first-order chi connectivity index (χ1) is 13.7. The Morgan fingerprint density at radius 1 is 1.29 bits per heavy atom. The summed E-state index contributed by atoms with van der Waals surface area (Å²) in [6.07, 6.45) is 7.62. The van der Waals surface area contributed by atoms with Gasteiger partial charge in [-0.2, -0.15) is 5.10 Å². The van der Waals surface area contributed by atoms with Crippen LogP contribution in [0.1, 0.15) is 42.3 Å². The lowest BCUT2D eigenvalue weighted by atomic mass is 10.1. The maximum Gasteiger partial charge on any atom is 0.191 e. The second-order valence-electron chi connectivity index (χ2n) is 6.50. The summed E-state index contributed by atoms with van der Waals surface area (Å²) in [4.78, 5) is 10.5. The van der Waals surface area contributed by atoms with E-state index in [1.807, 2.05) is 23.1 Å².